The molecule has 4 aromatic rings. The van der Waals surface area contributed by atoms with E-state index in [1.807, 2.05) is 64.2 Å². The number of anilines is 2. The molecule has 0 saturated heterocycles. The molecule has 0 aliphatic carbocycles. The van der Waals surface area contributed by atoms with E-state index in [0.717, 1.165) is 29.8 Å². The van der Waals surface area contributed by atoms with Crippen molar-refractivity contribution >= 4 is 28.3 Å². The number of rotatable bonds is 10. The molecule has 0 bridgehead atoms. The molecule has 1 amide bonds. The monoisotopic (exact) mass is 526 g/mol. The third-order valence-electron chi connectivity index (χ3n) is 6.51. The Morgan fingerprint density at radius 2 is 1.85 bits per heavy atom. The molecule has 0 radical (unpaired) electrons. The predicted octanol–water partition coefficient (Wildman–Crippen LogP) is 6.47. The topological polar surface area (TPSA) is 92.0 Å². The Labute approximate surface area is 228 Å². The number of ether oxygens (including phenoxy) is 1. The van der Waals surface area contributed by atoms with Crippen LogP contribution >= 0.6 is 0 Å². The highest BCUT2D eigenvalue weighted by atomic mass is 16.5. The first-order valence-electron chi connectivity index (χ1n) is 13.0. The summed E-state index contributed by atoms with van der Waals surface area (Å²) in [5, 5.41) is 13.5. The van der Waals surface area contributed by atoms with Crippen LogP contribution in [-0.2, 0) is 6.42 Å². The van der Waals surface area contributed by atoms with Gasteiger partial charge < -0.3 is 24.5 Å². The summed E-state index contributed by atoms with van der Waals surface area (Å²) in [5.74, 6) is 0.306. The average Bonchev–Trinajstić information content (AvgIpc) is 2.92. The molecule has 1 heterocycles. The van der Waals surface area contributed by atoms with Crippen LogP contribution in [0.2, 0.25) is 0 Å². The zero-order valence-electron chi connectivity index (χ0n) is 22.8. The summed E-state index contributed by atoms with van der Waals surface area (Å²) in [4.78, 5) is 27.8. The molecule has 202 valence electrons. The van der Waals surface area contributed by atoms with Gasteiger partial charge in [0, 0.05) is 35.8 Å². The minimum absolute atomic E-state index is 0.0449. The average molecular weight is 527 g/mol. The number of aryl methyl sites for hydroxylation is 1. The lowest BCUT2D eigenvalue weighted by Gasteiger charge is -2.19. The van der Waals surface area contributed by atoms with E-state index in [1.54, 1.807) is 12.1 Å². The second-order valence-electron chi connectivity index (χ2n) is 9.80. The van der Waals surface area contributed by atoms with Gasteiger partial charge >= 0.3 is 5.63 Å². The third-order valence-corrected chi connectivity index (χ3v) is 6.51. The minimum Gasteiger partial charge on any atom is -0.508 e. The summed E-state index contributed by atoms with van der Waals surface area (Å²) in [6, 6.07) is 20.1. The number of allylic oxidation sites excluding steroid dienone is 2. The van der Waals surface area contributed by atoms with Gasteiger partial charge in [0.05, 0.1) is 6.61 Å². The van der Waals surface area contributed by atoms with Crippen molar-refractivity contribution in [3.8, 4) is 11.5 Å². The van der Waals surface area contributed by atoms with Crippen molar-refractivity contribution in [3.63, 3.8) is 0 Å². The van der Waals surface area contributed by atoms with E-state index in [9.17, 15) is 14.7 Å². The summed E-state index contributed by atoms with van der Waals surface area (Å²) in [7, 11) is 2.05. The van der Waals surface area contributed by atoms with Crippen molar-refractivity contribution in [2.75, 3.05) is 30.4 Å². The number of hydrogen-bond acceptors (Lipinski definition) is 6. The maximum atomic E-state index is 12.9. The first-order valence-corrected chi connectivity index (χ1v) is 13.0. The number of amides is 1. The van der Waals surface area contributed by atoms with Crippen LogP contribution in [0.3, 0.4) is 0 Å². The number of benzene rings is 3. The van der Waals surface area contributed by atoms with Crippen LogP contribution in [-0.4, -0.2) is 31.2 Å². The zero-order valence-corrected chi connectivity index (χ0v) is 22.8. The van der Waals surface area contributed by atoms with E-state index in [2.05, 4.69) is 22.3 Å². The lowest BCUT2D eigenvalue weighted by molar-refractivity contribution is 0.102. The highest BCUT2D eigenvalue weighted by Crippen LogP contribution is 2.28. The van der Waals surface area contributed by atoms with Crippen LogP contribution in [0, 0.1) is 6.92 Å². The molecule has 3 aromatic carbocycles. The first-order chi connectivity index (χ1) is 18.7. The van der Waals surface area contributed by atoms with E-state index in [1.165, 1.54) is 12.1 Å². The standard InChI is InChI=1S/C32H34N2O5/c1-21(2)11-12-23-19-25(13-15-28(23)35)31(36)33-27-20-24-14-16-29(22(3)30(24)39-32(27)37)38-18-8-17-34(4)26-9-6-5-7-10-26/h5-7,9-11,13-16,19-20,35H,8,12,17-18H2,1-4H3,(H,33,36). The van der Waals surface area contributed by atoms with E-state index in [0.29, 0.717) is 40.9 Å². The second kappa shape index (κ2) is 12.3. The number of nitrogens with zero attached hydrogens (tertiary/aromatic N) is 1. The van der Waals surface area contributed by atoms with Crippen LogP contribution < -0.4 is 20.6 Å². The SMILES string of the molecule is CC(C)=CCc1cc(C(=O)Nc2cc3ccc(OCCCN(C)c4ccccc4)c(C)c3oc2=O)ccc1O. The quantitative estimate of drug-likeness (QED) is 0.140. The first kappa shape index (κ1) is 27.5. The lowest BCUT2D eigenvalue weighted by Crippen LogP contribution is -2.20. The van der Waals surface area contributed by atoms with E-state index < -0.39 is 11.5 Å². The van der Waals surface area contributed by atoms with Crippen LogP contribution in [0.5, 0.6) is 11.5 Å². The number of aromatic hydroxyl groups is 1. The molecule has 0 saturated carbocycles. The van der Waals surface area contributed by atoms with Crippen LogP contribution in [0.1, 0.15) is 41.8 Å². The fourth-order valence-corrected chi connectivity index (χ4v) is 4.24. The Bertz CT molecular complexity index is 1550. The molecule has 4 rings (SSSR count). The van der Waals surface area contributed by atoms with Crippen molar-refractivity contribution in [3.05, 3.63) is 105 Å². The predicted molar refractivity (Wildman–Crippen MR) is 156 cm³/mol. The fraction of sp³-hybridized carbons (Fsp3) is 0.250. The minimum atomic E-state index is -0.649. The molecule has 7 heteroatoms. The summed E-state index contributed by atoms with van der Waals surface area (Å²) in [6.07, 6.45) is 3.30. The molecule has 0 spiro atoms. The Kier molecular flexibility index (Phi) is 8.71. The maximum Gasteiger partial charge on any atom is 0.360 e. The molecule has 7 nitrogen and oxygen atoms in total. The van der Waals surface area contributed by atoms with Crippen LogP contribution in [0.4, 0.5) is 11.4 Å². The van der Waals surface area contributed by atoms with Crippen molar-refractivity contribution in [2.24, 2.45) is 0 Å². The van der Waals surface area contributed by atoms with Gasteiger partial charge in [-0.15, -0.1) is 0 Å². The van der Waals surface area contributed by atoms with Crippen molar-refractivity contribution < 1.29 is 19.1 Å². The Morgan fingerprint density at radius 1 is 1.08 bits per heavy atom. The van der Waals surface area contributed by atoms with Crippen molar-refractivity contribution in [1.82, 2.24) is 0 Å². The molecule has 0 unspecified atom stereocenters. The number of hydrogen-bond donors (Lipinski definition) is 2. The highest BCUT2D eigenvalue weighted by molar-refractivity contribution is 6.05. The lowest BCUT2D eigenvalue weighted by atomic mass is 10.0. The third kappa shape index (κ3) is 6.87. The van der Waals surface area contributed by atoms with Gasteiger partial charge in [0.1, 0.15) is 22.8 Å². The molecule has 0 aliphatic rings. The fourth-order valence-electron chi connectivity index (χ4n) is 4.24. The van der Waals surface area contributed by atoms with Crippen molar-refractivity contribution in [1.29, 1.82) is 0 Å². The Morgan fingerprint density at radius 3 is 2.59 bits per heavy atom. The zero-order chi connectivity index (χ0) is 27.9. The molecule has 0 atom stereocenters. The summed E-state index contributed by atoms with van der Waals surface area (Å²) >= 11 is 0. The molecule has 39 heavy (non-hydrogen) atoms. The number of nitrogens with one attached hydrogen (secondary N) is 1. The Hall–Kier alpha value is -4.52. The largest absolute Gasteiger partial charge is 0.508 e. The van der Waals surface area contributed by atoms with E-state index in [-0.39, 0.29) is 11.4 Å². The molecule has 0 fully saturated rings. The number of fused-ring (bicyclic) bond motifs is 1. The molecule has 0 aliphatic heterocycles. The van der Waals surface area contributed by atoms with Gasteiger partial charge in [0.25, 0.3) is 5.91 Å². The van der Waals surface area contributed by atoms with Gasteiger partial charge in [0.2, 0.25) is 0 Å². The van der Waals surface area contributed by atoms with E-state index in [4.69, 9.17) is 9.15 Å². The number of phenols is 1. The highest BCUT2D eigenvalue weighted by Gasteiger charge is 2.15. The van der Waals surface area contributed by atoms with Gasteiger partial charge in [-0.3, -0.25) is 4.79 Å². The summed E-state index contributed by atoms with van der Waals surface area (Å²) < 4.78 is 11.6. The van der Waals surface area contributed by atoms with Crippen LogP contribution in [0.15, 0.2) is 87.6 Å². The number of para-hydroxylation sites is 1. The molecule has 1 aromatic heterocycles. The Balaban J connectivity index is 1.43. The van der Waals surface area contributed by atoms with Gasteiger partial charge in [0.15, 0.2) is 0 Å². The molecule has 2 N–H and O–H groups in total. The van der Waals surface area contributed by atoms with Crippen LogP contribution in [0.25, 0.3) is 11.0 Å². The second-order valence-corrected chi connectivity index (χ2v) is 9.80. The van der Waals surface area contributed by atoms with Gasteiger partial charge in [-0.25, -0.2) is 4.79 Å². The van der Waals surface area contributed by atoms with E-state index >= 15 is 0 Å². The van der Waals surface area contributed by atoms with Crippen molar-refractivity contribution in [2.45, 2.75) is 33.6 Å². The molecular weight excluding hydrogens is 492 g/mol. The maximum absolute atomic E-state index is 12.9. The van der Waals surface area contributed by atoms with Gasteiger partial charge in [-0.1, -0.05) is 29.8 Å². The number of carbonyl (C=O) groups is 1. The van der Waals surface area contributed by atoms with Gasteiger partial charge in [-0.2, -0.15) is 0 Å². The smallest absolute Gasteiger partial charge is 0.360 e. The normalized spacial score (nSPS) is 10.8. The summed E-state index contributed by atoms with van der Waals surface area (Å²) in [6.45, 7) is 7.14. The van der Waals surface area contributed by atoms with Gasteiger partial charge in [-0.05, 0) is 87.7 Å². The number of carbonyl (C=O) groups excluding carboxylic acids is 1. The molecular formula is C32H34N2O5. The summed E-state index contributed by atoms with van der Waals surface area (Å²) in [5.41, 5.74) is 3.77. The number of phenolic OH excluding ortho intramolecular Hbond substituents is 1.